The summed E-state index contributed by atoms with van der Waals surface area (Å²) >= 11 is 8.08. The van der Waals surface area contributed by atoms with Crippen molar-refractivity contribution in [1.82, 2.24) is 4.72 Å². The SMILES string of the molecule is O=S(=O)(NCC1CCCCC1CBr)c1ccc(Br)s1. The Morgan fingerprint density at radius 3 is 2.53 bits per heavy atom. The average molecular weight is 431 g/mol. The molecule has 1 aliphatic rings. The zero-order valence-electron chi connectivity index (χ0n) is 10.4. The van der Waals surface area contributed by atoms with Gasteiger partial charge in [-0.05, 0) is 52.7 Å². The summed E-state index contributed by atoms with van der Waals surface area (Å²) in [6.07, 6.45) is 4.78. The highest BCUT2D eigenvalue weighted by Gasteiger charge is 2.26. The third-order valence-corrected chi connectivity index (χ3v) is 7.98. The molecule has 0 radical (unpaired) electrons. The third kappa shape index (κ3) is 4.27. The lowest BCUT2D eigenvalue weighted by Crippen LogP contribution is -2.34. The van der Waals surface area contributed by atoms with Gasteiger partial charge in [-0.1, -0.05) is 28.8 Å². The number of hydrogen-bond donors (Lipinski definition) is 1. The maximum absolute atomic E-state index is 12.1. The maximum atomic E-state index is 12.1. The van der Waals surface area contributed by atoms with E-state index < -0.39 is 10.0 Å². The first-order chi connectivity index (χ1) is 9.03. The van der Waals surface area contributed by atoms with Crippen LogP contribution >= 0.6 is 43.2 Å². The number of nitrogens with one attached hydrogen (secondary N) is 1. The maximum Gasteiger partial charge on any atom is 0.250 e. The van der Waals surface area contributed by atoms with Crippen LogP contribution in [0.15, 0.2) is 20.1 Å². The molecule has 1 aromatic rings. The quantitative estimate of drug-likeness (QED) is 0.717. The van der Waals surface area contributed by atoms with Crippen molar-refractivity contribution in [3.8, 4) is 0 Å². The Morgan fingerprint density at radius 2 is 1.95 bits per heavy atom. The fourth-order valence-corrected chi connectivity index (χ4v) is 6.49. The summed E-state index contributed by atoms with van der Waals surface area (Å²) in [6.45, 7) is 0.550. The van der Waals surface area contributed by atoms with Gasteiger partial charge < -0.3 is 0 Å². The van der Waals surface area contributed by atoms with Crippen LogP contribution in [0, 0.1) is 11.8 Å². The van der Waals surface area contributed by atoms with Crippen LogP contribution in [0.1, 0.15) is 25.7 Å². The van der Waals surface area contributed by atoms with E-state index in [1.54, 1.807) is 12.1 Å². The highest BCUT2D eigenvalue weighted by atomic mass is 79.9. The van der Waals surface area contributed by atoms with Crippen molar-refractivity contribution in [3.05, 3.63) is 15.9 Å². The highest BCUT2D eigenvalue weighted by molar-refractivity contribution is 9.11. The van der Waals surface area contributed by atoms with Gasteiger partial charge in [-0.25, -0.2) is 13.1 Å². The molecule has 1 fully saturated rings. The number of thiophene rings is 1. The predicted octanol–water partition coefficient (Wildman–Crippen LogP) is 3.99. The van der Waals surface area contributed by atoms with E-state index in [4.69, 9.17) is 0 Å². The van der Waals surface area contributed by atoms with Crippen LogP contribution in [0.5, 0.6) is 0 Å². The molecule has 108 valence electrons. The number of hydrogen-bond acceptors (Lipinski definition) is 3. The van der Waals surface area contributed by atoms with Crippen molar-refractivity contribution >= 4 is 53.2 Å². The molecule has 1 aliphatic carbocycles. The molecular weight excluding hydrogens is 414 g/mol. The molecule has 19 heavy (non-hydrogen) atoms. The number of rotatable bonds is 5. The van der Waals surface area contributed by atoms with Gasteiger partial charge in [0, 0.05) is 11.9 Å². The lowest BCUT2D eigenvalue weighted by atomic mass is 9.80. The van der Waals surface area contributed by atoms with Crippen LogP contribution in [-0.2, 0) is 10.0 Å². The molecule has 1 saturated carbocycles. The highest BCUT2D eigenvalue weighted by Crippen LogP contribution is 2.31. The molecule has 0 bridgehead atoms. The lowest BCUT2D eigenvalue weighted by molar-refractivity contribution is 0.263. The molecule has 0 saturated heterocycles. The van der Waals surface area contributed by atoms with Crippen molar-refractivity contribution in [2.45, 2.75) is 29.9 Å². The Morgan fingerprint density at radius 1 is 1.26 bits per heavy atom. The first-order valence-corrected chi connectivity index (χ1v) is 10.6. The summed E-state index contributed by atoms with van der Waals surface area (Å²) in [5.41, 5.74) is 0. The molecule has 1 N–H and O–H groups in total. The minimum atomic E-state index is -3.35. The van der Waals surface area contributed by atoms with E-state index in [1.165, 1.54) is 30.6 Å². The molecule has 2 rings (SSSR count). The first-order valence-electron chi connectivity index (χ1n) is 6.34. The van der Waals surface area contributed by atoms with Crippen LogP contribution in [0.3, 0.4) is 0 Å². The number of sulfonamides is 1. The van der Waals surface area contributed by atoms with E-state index in [1.807, 2.05) is 0 Å². The monoisotopic (exact) mass is 429 g/mol. The average Bonchev–Trinajstić information content (AvgIpc) is 2.84. The Bertz CT molecular complexity index is 516. The van der Waals surface area contributed by atoms with Crippen LogP contribution in [0.25, 0.3) is 0 Å². The summed E-state index contributed by atoms with van der Waals surface area (Å²) in [4.78, 5) is 0. The van der Waals surface area contributed by atoms with Crippen molar-refractivity contribution < 1.29 is 8.42 Å². The molecule has 3 nitrogen and oxygen atoms in total. The summed E-state index contributed by atoms with van der Waals surface area (Å²) in [5.74, 6) is 1.04. The van der Waals surface area contributed by atoms with Gasteiger partial charge in [0.15, 0.2) is 0 Å². The van der Waals surface area contributed by atoms with E-state index in [0.717, 1.165) is 15.5 Å². The summed E-state index contributed by atoms with van der Waals surface area (Å²) in [7, 11) is -3.35. The molecular formula is C12H17Br2NO2S2. The Hall–Kier alpha value is 0.570. The molecule has 1 aromatic heterocycles. The summed E-state index contributed by atoms with van der Waals surface area (Å²) in [5, 5.41) is 0.962. The number of alkyl halides is 1. The fourth-order valence-electron chi connectivity index (χ4n) is 2.49. The third-order valence-electron chi connectivity index (χ3n) is 3.61. The first kappa shape index (κ1) is 15.9. The van der Waals surface area contributed by atoms with Crippen molar-refractivity contribution in [1.29, 1.82) is 0 Å². The molecule has 0 spiro atoms. The van der Waals surface area contributed by atoms with Crippen LogP contribution < -0.4 is 4.72 Å². The van der Waals surface area contributed by atoms with Gasteiger partial charge in [0.25, 0.3) is 0 Å². The zero-order valence-corrected chi connectivity index (χ0v) is 15.2. The Labute approximate surface area is 135 Å². The van der Waals surface area contributed by atoms with Gasteiger partial charge >= 0.3 is 0 Å². The summed E-state index contributed by atoms with van der Waals surface area (Å²) < 4.78 is 28.3. The van der Waals surface area contributed by atoms with Gasteiger partial charge in [-0.3, -0.25) is 0 Å². The topological polar surface area (TPSA) is 46.2 Å². The second-order valence-electron chi connectivity index (χ2n) is 4.87. The standard InChI is InChI=1S/C12H17Br2NO2S2/c13-7-9-3-1-2-4-10(9)8-15-19(16,17)12-6-5-11(14)18-12/h5-6,9-10,15H,1-4,7-8H2. The minimum Gasteiger partial charge on any atom is -0.210 e. The van der Waals surface area contributed by atoms with Crippen molar-refractivity contribution in [2.24, 2.45) is 11.8 Å². The predicted molar refractivity (Wildman–Crippen MR) is 86.4 cm³/mol. The van der Waals surface area contributed by atoms with Crippen LogP contribution in [-0.4, -0.2) is 20.3 Å². The largest absolute Gasteiger partial charge is 0.250 e. The molecule has 2 atom stereocenters. The lowest BCUT2D eigenvalue weighted by Gasteiger charge is -2.30. The Balaban J connectivity index is 1.97. The fraction of sp³-hybridized carbons (Fsp3) is 0.667. The molecule has 2 unspecified atom stereocenters. The molecule has 0 aromatic carbocycles. The second kappa shape index (κ2) is 7.02. The number of halogens is 2. The van der Waals surface area contributed by atoms with Crippen LogP contribution in [0.4, 0.5) is 0 Å². The van der Waals surface area contributed by atoms with E-state index >= 15 is 0 Å². The molecule has 1 heterocycles. The van der Waals surface area contributed by atoms with E-state index in [2.05, 4.69) is 36.6 Å². The van der Waals surface area contributed by atoms with E-state index in [-0.39, 0.29) is 0 Å². The van der Waals surface area contributed by atoms with Gasteiger partial charge in [0.2, 0.25) is 10.0 Å². The molecule has 0 amide bonds. The van der Waals surface area contributed by atoms with Gasteiger partial charge in [-0.2, -0.15) is 0 Å². The smallest absolute Gasteiger partial charge is 0.210 e. The second-order valence-corrected chi connectivity index (χ2v) is 9.97. The molecule has 7 heteroatoms. The van der Waals surface area contributed by atoms with Crippen molar-refractivity contribution in [3.63, 3.8) is 0 Å². The normalized spacial score (nSPS) is 24.5. The molecule has 0 aliphatic heterocycles. The van der Waals surface area contributed by atoms with Crippen LogP contribution in [0.2, 0.25) is 0 Å². The zero-order chi connectivity index (χ0) is 13.9. The van der Waals surface area contributed by atoms with Gasteiger partial charge in [0.05, 0.1) is 3.79 Å². The Kier molecular flexibility index (Phi) is 5.90. The van der Waals surface area contributed by atoms with Gasteiger partial charge in [-0.15, -0.1) is 11.3 Å². The van der Waals surface area contributed by atoms with Gasteiger partial charge in [0.1, 0.15) is 4.21 Å². The summed E-state index contributed by atoms with van der Waals surface area (Å²) in [6, 6.07) is 3.40. The van der Waals surface area contributed by atoms with E-state index in [9.17, 15) is 8.42 Å². The minimum absolute atomic E-state index is 0.380. The van der Waals surface area contributed by atoms with E-state index in [0.29, 0.717) is 22.6 Å². The van der Waals surface area contributed by atoms with Crippen molar-refractivity contribution in [2.75, 3.05) is 11.9 Å².